The lowest BCUT2D eigenvalue weighted by Crippen LogP contribution is -2.44. The average molecular weight is 245 g/mol. The molecule has 1 N–H and O–H groups in total. The number of hydrogen-bond donors (Lipinski definition) is 1. The molecule has 2 heteroatoms. The van der Waals surface area contributed by atoms with Gasteiger partial charge in [0.2, 0.25) is 0 Å². The normalized spacial score (nSPS) is 33.7. The highest BCUT2D eigenvalue weighted by Crippen LogP contribution is 2.32. The van der Waals surface area contributed by atoms with E-state index in [1.54, 1.807) is 0 Å². The van der Waals surface area contributed by atoms with E-state index in [-0.39, 0.29) is 6.10 Å². The lowest BCUT2D eigenvalue weighted by Gasteiger charge is -2.35. The van der Waals surface area contributed by atoms with Crippen molar-refractivity contribution in [2.24, 2.45) is 0 Å². The molecule has 0 spiro atoms. The fourth-order valence-electron chi connectivity index (χ4n) is 3.60. The van der Waals surface area contributed by atoms with E-state index < -0.39 is 0 Å². The third-order valence-electron chi connectivity index (χ3n) is 4.65. The SMILES string of the molecule is O[C@@H]1CCCC[C@@H]1N1CC[C@H](c2ccccc2)C1. The largest absolute Gasteiger partial charge is 0.391 e. The maximum Gasteiger partial charge on any atom is 0.0695 e. The van der Waals surface area contributed by atoms with E-state index in [0.717, 1.165) is 19.5 Å². The van der Waals surface area contributed by atoms with Crippen LogP contribution in [0.15, 0.2) is 30.3 Å². The zero-order valence-corrected chi connectivity index (χ0v) is 11.0. The number of aliphatic hydroxyl groups is 1. The number of rotatable bonds is 2. The Hall–Kier alpha value is -0.860. The van der Waals surface area contributed by atoms with Crippen LogP contribution in [0.2, 0.25) is 0 Å². The molecule has 2 fully saturated rings. The Morgan fingerprint density at radius 2 is 1.78 bits per heavy atom. The summed E-state index contributed by atoms with van der Waals surface area (Å²) in [5.41, 5.74) is 1.46. The van der Waals surface area contributed by atoms with Crippen LogP contribution in [-0.4, -0.2) is 35.2 Å². The standard InChI is InChI=1S/C16H23NO/c18-16-9-5-4-8-15(16)17-11-10-14(12-17)13-6-2-1-3-7-13/h1-3,6-7,14-16,18H,4-5,8-12H2/t14-,15-,16+/m0/s1. The molecule has 1 aliphatic heterocycles. The zero-order valence-electron chi connectivity index (χ0n) is 11.0. The third-order valence-corrected chi connectivity index (χ3v) is 4.65. The van der Waals surface area contributed by atoms with Crippen molar-refractivity contribution in [2.45, 2.75) is 50.2 Å². The van der Waals surface area contributed by atoms with Crippen LogP contribution >= 0.6 is 0 Å². The first-order chi connectivity index (χ1) is 8.84. The van der Waals surface area contributed by atoms with Gasteiger partial charge >= 0.3 is 0 Å². The summed E-state index contributed by atoms with van der Waals surface area (Å²) in [4.78, 5) is 2.53. The molecule has 1 heterocycles. The average Bonchev–Trinajstić information content (AvgIpc) is 2.90. The molecule has 0 radical (unpaired) electrons. The van der Waals surface area contributed by atoms with Crippen LogP contribution < -0.4 is 0 Å². The van der Waals surface area contributed by atoms with Crippen molar-refractivity contribution in [1.82, 2.24) is 4.90 Å². The second-order valence-electron chi connectivity index (χ2n) is 5.81. The van der Waals surface area contributed by atoms with E-state index in [1.807, 2.05) is 0 Å². The molecule has 0 amide bonds. The summed E-state index contributed by atoms with van der Waals surface area (Å²) in [5.74, 6) is 0.667. The molecule has 0 aromatic heterocycles. The number of nitrogens with zero attached hydrogens (tertiary/aromatic N) is 1. The van der Waals surface area contributed by atoms with Gasteiger partial charge in [-0.25, -0.2) is 0 Å². The summed E-state index contributed by atoms with van der Waals surface area (Å²) in [5, 5.41) is 10.1. The molecule has 18 heavy (non-hydrogen) atoms. The fraction of sp³-hybridized carbons (Fsp3) is 0.625. The van der Waals surface area contributed by atoms with Gasteiger partial charge in [0.05, 0.1) is 6.10 Å². The minimum absolute atomic E-state index is 0.0896. The van der Waals surface area contributed by atoms with Crippen molar-refractivity contribution in [2.75, 3.05) is 13.1 Å². The van der Waals surface area contributed by atoms with E-state index in [4.69, 9.17) is 0 Å². The van der Waals surface area contributed by atoms with Gasteiger partial charge in [0.15, 0.2) is 0 Å². The van der Waals surface area contributed by atoms with Crippen LogP contribution in [0.3, 0.4) is 0 Å². The molecule has 1 aliphatic carbocycles. The highest BCUT2D eigenvalue weighted by Gasteiger charge is 2.33. The lowest BCUT2D eigenvalue weighted by atomic mass is 9.91. The van der Waals surface area contributed by atoms with Gasteiger partial charge in [0.25, 0.3) is 0 Å². The summed E-state index contributed by atoms with van der Waals surface area (Å²) in [6.45, 7) is 2.28. The Morgan fingerprint density at radius 1 is 1.00 bits per heavy atom. The minimum Gasteiger partial charge on any atom is -0.391 e. The first-order valence-corrected chi connectivity index (χ1v) is 7.31. The predicted octanol–water partition coefficient (Wildman–Crippen LogP) is 2.78. The molecule has 1 saturated heterocycles. The summed E-state index contributed by atoms with van der Waals surface area (Å²) in [7, 11) is 0. The van der Waals surface area contributed by atoms with Gasteiger partial charge in [0.1, 0.15) is 0 Å². The molecular weight excluding hydrogens is 222 g/mol. The summed E-state index contributed by atoms with van der Waals surface area (Å²) < 4.78 is 0. The van der Waals surface area contributed by atoms with Crippen LogP contribution in [0.1, 0.15) is 43.6 Å². The topological polar surface area (TPSA) is 23.5 Å². The van der Waals surface area contributed by atoms with Crippen LogP contribution in [0.5, 0.6) is 0 Å². The Bertz CT molecular complexity index is 378. The van der Waals surface area contributed by atoms with E-state index in [9.17, 15) is 5.11 Å². The van der Waals surface area contributed by atoms with Gasteiger partial charge < -0.3 is 5.11 Å². The smallest absolute Gasteiger partial charge is 0.0695 e. The Balaban J connectivity index is 1.64. The molecule has 1 saturated carbocycles. The highest BCUT2D eigenvalue weighted by atomic mass is 16.3. The monoisotopic (exact) mass is 245 g/mol. The Kier molecular flexibility index (Phi) is 3.67. The first-order valence-electron chi connectivity index (χ1n) is 7.31. The molecular formula is C16H23NO. The van der Waals surface area contributed by atoms with E-state index in [1.165, 1.54) is 31.2 Å². The van der Waals surface area contributed by atoms with E-state index >= 15 is 0 Å². The van der Waals surface area contributed by atoms with Crippen molar-refractivity contribution >= 4 is 0 Å². The van der Waals surface area contributed by atoms with Crippen molar-refractivity contribution in [1.29, 1.82) is 0 Å². The quantitative estimate of drug-likeness (QED) is 0.866. The fourth-order valence-corrected chi connectivity index (χ4v) is 3.60. The van der Waals surface area contributed by atoms with Crippen LogP contribution in [0.4, 0.5) is 0 Å². The van der Waals surface area contributed by atoms with Crippen molar-refractivity contribution in [3.8, 4) is 0 Å². The van der Waals surface area contributed by atoms with Crippen molar-refractivity contribution in [3.05, 3.63) is 35.9 Å². The summed E-state index contributed by atoms with van der Waals surface area (Å²) in [6, 6.07) is 11.3. The summed E-state index contributed by atoms with van der Waals surface area (Å²) in [6.07, 6.45) is 5.82. The molecule has 2 aliphatic rings. The molecule has 1 aromatic carbocycles. The zero-order chi connectivity index (χ0) is 12.4. The van der Waals surface area contributed by atoms with E-state index in [0.29, 0.717) is 12.0 Å². The molecule has 2 nitrogen and oxygen atoms in total. The Labute approximate surface area is 110 Å². The molecule has 0 bridgehead atoms. The van der Waals surface area contributed by atoms with Crippen molar-refractivity contribution in [3.63, 3.8) is 0 Å². The second kappa shape index (κ2) is 5.41. The van der Waals surface area contributed by atoms with Gasteiger partial charge in [0, 0.05) is 12.6 Å². The first kappa shape index (κ1) is 12.2. The van der Waals surface area contributed by atoms with Crippen LogP contribution in [0, 0.1) is 0 Å². The van der Waals surface area contributed by atoms with Crippen LogP contribution in [0.25, 0.3) is 0 Å². The predicted molar refractivity (Wildman–Crippen MR) is 73.6 cm³/mol. The van der Waals surface area contributed by atoms with Gasteiger partial charge in [-0.1, -0.05) is 43.2 Å². The molecule has 3 atom stereocenters. The number of likely N-dealkylation sites (tertiary alicyclic amines) is 1. The van der Waals surface area contributed by atoms with Gasteiger partial charge in [-0.05, 0) is 37.3 Å². The highest BCUT2D eigenvalue weighted by molar-refractivity contribution is 5.21. The van der Waals surface area contributed by atoms with Gasteiger partial charge in [-0.3, -0.25) is 4.90 Å². The molecule has 1 aromatic rings. The van der Waals surface area contributed by atoms with E-state index in [2.05, 4.69) is 35.2 Å². The minimum atomic E-state index is -0.0896. The molecule has 0 unspecified atom stereocenters. The second-order valence-corrected chi connectivity index (χ2v) is 5.81. The number of benzene rings is 1. The molecule has 3 rings (SSSR count). The molecule has 98 valence electrons. The van der Waals surface area contributed by atoms with Gasteiger partial charge in [-0.15, -0.1) is 0 Å². The maximum atomic E-state index is 10.1. The lowest BCUT2D eigenvalue weighted by molar-refractivity contribution is 0.0305. The summed E-state index contributed by atoms with van der Waals surface area (Å²) >= 11 is 0. The number of hydrogen-bond acceptors (Lipinski definition) is 2. The number of aliphatic hydroxyl groups excluding tert-OH is 1. The maximum absolute atomic E-state index is 10.1. The van der Waals surface area contributed by atoms with Gasteiger partial charge in [-0.2, -0.15) is 0 Å². The van der Waals surface area contributed by atoms with Crippen molar-refractivity contribution < 1.29 is 5.11 Å². The van der Waals surface area contributed by atoms with Crippen LogP contribution in [-0.2, 0) is 0 Å². The third kappa shape index (κ3) is 2.45. The Morgan fingerprint density at radius 3 is 2.56 bits per heavy atom.